The molecule has 2 aromatic carbocycles. The van der Waals surface area contributed by atoms with E-state index in [4.69, 9.17) is 0 Å². The van der Waals surface area contributed by atoms with Gasteiger partial charge in [-0.25, -0.2) is 0 Å². The van der Waals surface area contributed by atoms with Crippen LogP contribution in [-0.4, -0.2) is 40.9 Å². The second-order valence-corrected chi connectivity index (χ2v) is 9.89. The summed E-state index contributed by atoms with van der Waals surface area (Å²) in [6.07, 6.45) is 2.16. The van der Waals surface area contributed by atoms with Crippen LogP contribution in [0.5, 0.6) is 0 Å². The van der Waals surface area contributed by atoms with Crippen molar-refractivity contribution < 1.29 is 14.4 Å². The first-order valence-corrected chi connectivity index (χ1v) is 11.4. The normalized spacial score (nSPS) is 28.2. The number of anilines is 1. The predicted molar refractivity (Wildman–Crippen MR) is 126 cm³/mol. The summed E-state index contributed by atoms with van der Waals surface area (Å²) in [5.74, 6) is -0.451. The Morgan fingerprint density at radius 2 is 1.82 bits per heavy atom. The zero-order chi connectivity index (χ0) is 23.5. The summed E-state index contributed by atoms with van der Waals surface area (Å²) in [5.41, 5.74) is 1.65. The highest BCUT2D eigenvalue weighted by molar-refractivity contribution is 6.02. The Bertz CT molecular complexity index is 1160. The van der Waals surface area contributed by atoms with Crippen LogP contribution in [0.4, 0.5) is 5.69 Å². The molecule has 0 aromatic heterocycles. The highest BCUT2D eigenvalue weighted by atomic mass is 16.2. The minimum Gasteiger partial charge on any atom is -0.342 e. The highest BCUT2D eigenvalue weighted by Gasteiger charge is 2.69. The van der Waals surface area contributed by atoms with Gasteiger partial charge < -0.3 is 10.2 Å². The van der Waals surface area contributed by atoms with Gasteiger partial charge in [-0.15, -0.1) is 6.58 Å². The largest absolute Gasteiger partial charge is 0.342 e. The van der Waals surface area contributed by atoms with Crippen molar-refractivity contribution in [3.05, 3.63) is 78.4 Å². The zero-order valence-corrected chi connectivity index (χ0v) is 19.2. The van der Waals surface area contributed by atoms with Crippen molar-refractivity contribution in [2.24, 2.45) is 5.41 Å². The van der Waals surface area contributed by atoms with Gasteiger partial charge in [0.25, 0.3) is 0 Å². The molecule has 0 spiro atoms. The van der Waals surface area contributed by atoms with Gasteiger partial charge in [-0.2, -0.15) is 0 Å². The van der Waals surface area contributed by atoms with Crippen LogP contribution in [0.3, 0.4) is 0 Å². The quantitative estimate of drug-likeness (QED) is 0.738. The Kier molecular flexibility index (Phi) is 4.74. The standard InChI is InChI=1S/C27H29N3O3/c1-5-26(3,4)27-16-22-23(32)28-20(15-18-11-7-6-8-12-18)24(33)30(22)25(27)29(17(2)31)21-14-10-9-13-19(21)27/h5-14,20,22,25H,1,15-16H2,2-4H3,(H,28,32)/t20-,22+,25+,27-/m0/s1. The number of piperazine rings is 1. The summed E-state index contributed by atoms with van der Waals surface area (Å²) < 4.78 is 0. The van der Waals surface area contributed by atoms with E-state index in [0.29, 0.717) is 12.8 Å². The number of rotatable bonds is 4. The summed E-state index contributed by atoms with van der Waals surface area (Å²) in [6.45, 7) is 9.78. The van der Waals surface area contributed by atoms with Gasteiger partial charge in [0, 0.05) is 24.4 Å². The number of carbonyl (C=O) groups is 3. The van der Waals surface area contributed by atoms with Crippen LogP contribution in [0.1, 0.15) is 38.3 Å². The third-order valence-electron chi connectivity index (χ3n) is 7.90. The van der Waals surface area contributed by atoms with Crippen molar-refractivity contribution in [3.63, 3.8) is 0 Å². The maximum absolute atomic E-state index is 13.9. The first-order valence-electron chi connectivity index (χ1n) is 11.4. The number of nitrogens with one attached hydrogen (secondary N) is 1. The second kappa shape index (κ2) is 7.30. The molecule has 170 valence electrons. The number of hydrogen-bond donors (Lipinski definition) is 1. The smallest absolute Gasteiger partial charge is 0.247 e. The second-order valence-electron chi connectivity index (χ2n) is 9.89. The minimum atomic E-state index is -0.670. The van der Waals surface area contributed by atoms with Gasteiger partial charge in [-0.1, -0.05) is 68.5 Å². The number of carbonyl (C=O) groups excluding carboxylic acids is 3. The molecule has 0 unspecified atom stereocenters. The molecule has 0 saturated carbocycles. The number of allylic oxidation sites excluding steroid dienone is 1. The van der Waals surface area contributed by atoms with Crippen LogP contribution in [0.25, 0.3) is 0 Å². The molecule has 5 rings (SSSR count). The van der Waals surface area contributed by atoms with E-state index in [1.165, 1.54) is 6.92 Å². The molecule has 3 amide bonds. The van der Waals surface area contributed by atoms with Gasteiger partial charge >= 0.3 is 0 Å². The molecular weight excluding hydrogens is 414 g/mol. The van der Waals surface area contributed by atoms with Crippen molar-refractivity contribution in [1.29, 1.82) is 0 Å². The van der Waals surface area contributed by atoms with Crippen molar-refractivity contribution in [1.82, 2.24) is 10.2 Å². The van der Waals surface area contributed by atoms with Gasteiger partial charge in [-0.05, 0) is 29.0 Å². The van der Waals surface area contributed by atoms with Gasteiger partial charge in [0.2, 0.25) is 17.7 Å². The van der Waals surface area contributed by atoms with E-state index in [1.807, 2.05) is 60.7 Å². The van der Waals surface area contributed by atoms with Crippen LogP contribution >= 0.6 is 0 Å². The van der Waals surface area contributed by atoms with E-state index in [0.717, 1.165) is 16.8 Å². The third-order valence-corrected chi connectivity index (χ3v) is 7.90. The van der Waals surface area contributed by atoms with E-state index in [9.17, 15) is 14.4 Å². The number of para-hydroxylation sites is 1. The SMILES string of the molecule is C=CC(C)(C)[C@]12C[C@@H]3C(=O)N[C@@H](Cc4ccccc4)C(=O)N3[C@H]1N(C(C)=O)c1ccccc12. The molecule has 1 N–H and O–H groups in total. The van der Waals surface area contributed by atoms with Gasteiger partial charge in [0.1, 0.15) is 18.2 Å². The lowest BCUT2D eigenvalue weighted by molar-refractivity contribution is -0.149. The molecule has 3 aliphatic heterocycles. The minimum absolute atomic E-state index is 0.144. The Morgan fingerprint density at radius 3 is 2.48 bits per heavy atom. The molecule has 6 heteroatoms. The molecule has 3 heterocycles. The summed E-state index contributed by atoms with van der Waals surface area (Å²) in [6, 6.07) is 16.2. The van der Waals surface area contributed by atoms with E-state index >= 15 is 0 Å². The first-order chi connectivity index (χ1) is 15.7. The zero-order valence-electron chi connectivity index (χ0n) is 19.2. The van der Waals surface area contributed by atoms with Crippen LogP contribution in [-0.2, 0) is 26.2 Å². The van der Waals surface area contributed by atoms with Crippen molar-refractivity contribution in [2.75, 3.05) is 4.90 Å². The lowest BCUT2D eigenvalue weighted by Crippen LogP contribution is -2.66. The van der Waals surface area contributed by atoms with E-state index in [2.05, 4.69) is 25.7 Å². The van der Waals surface area contributed by atoms with Crippen molar-refractivity contribution in [2.45, 2.75) is 57.3 Å². The van der Waals surface area contributed by atoms with Crippen LogP contribution in [0.2, 0.25) is 0 Å². The van der Waals surface area contributed by atoms with E-state index in [-0.39, 0.29) is 17.7 Å². The summed E-state index contributed by atoms with van der Waals surface area (Å²) >= 11 is 0. The fraction of sp³-hybridized carbons (Fsp3) is 0.370. The number of fused-ring (bicyclic) bond motifs is 5. The molecule has 2 fully saturated rings. The number of benzene rings is 2. The van der Waals surface area contributed by atoms with E-state index < -0.39 is 29.1 Å². The lowest BCUT2D eigenvalue weighted by Gasteiger charge is -2.46. The average molecular weight is 444 g/mol. The van der Waals surface area contributed by atoms with Crippen molar-refractivity contribution >= 4 is 23.4 Å². The molecule has 2 saturated heterocycles. The van der Waals surface area contributed by atoms with Crippen LogP contribution in [0, 0.1) is 5.41 Å². The summed E-state index contributed by atoms with van der Waals surface area (Å²) in [5, 5.41) is 2.97. The Morgan fingerprint density at radius 1 is 1.15 bits per heavy atom. The first kappa shape index (κ1) is 21.4. The fourth-order valence-corrected chi connectivity index (χ4v) is 6.16. The number of amides is 3. The monoisotopic (exact) mass is 443 g/mol. The average Bonchev–Trinajstić information content (AvgIpc) is 3.30. The molecule has 2 aromatic rings. The van der Waals surface area contributed by atoms with E-state index in [1.54, 1.807) is 9.80 Å². The highest BCUT2D eigenvalue weighted by Crippen LogP contribution is 2.62. The molecule has 4 atom stereocenters. The maximum atomic E-state index is 13.9. The third kappa shape index (κ3) is 2.82. The van der Waals surface area contributed by atoms with Crippen LogP contribution < -0.4 is 10.2 Å². The molecular formula is C27H29N3O3. The summed E-state index contributed by atoms with van der Waals surface area (Å²) in [7, 11) is 0. The molecule has 0 aliphatic carbocycles. The molecule has 6 nitrogen and oxygen atoms in total. The molecule has 0 radical (unpaired) electrons. The molecule has 33 heavy (non-hydrogen) atoms. The van der Waals surface area contributed by atoms with Gasteiger partial charge in [-0.3, -0.25) is 19.3 Å². The molecule has 0 bridgehead atoms. The Hall–Kier alpha value is -3.41. The van der Waals surface area contributed by atoms with Gasteiger partial charge in [0.05, 0.1) is 0 Å². The Labute approximate surface area is 194 Å². The predicted octanol–water partition coefficient (Wildman–Crippen LogP) is 3.17. The lowest BCUT2D eigenvalue weighted by atomic mass is 9.60. The van der Waals surface area contributed by atoms with Crippen LogP contribution in [0.15, 0.2) is 67.3 Å². The molecule has 3 aliphatic rings. The maximum Gasteiger partial charge on any atom is 0.247 e. The number of hydrogen-bond acceptors (Lipinski definition) is 3. The summed E-state index contributed by atoms with van der Waals surface area (Å²) in [4.78, 5) is 43.7. The number of nitrogens with zero attached hydrogens (tertiary/aromatic N) is 2. The van der Waals surface area contributed by atoms with Crippen molar-refractivity contribution in [3.8, 4) is 0 Å². The Balaban J connectivity index is 1.66. The fourth-order valence-electron chi connectivity index (χ4n) is 6.16. The van der Waals surface area contributed by atoms with Gasteiger partial charge in [0.15, 0.2) is 0 Å². The topological polar surface area (TPSA) is 69.7 Å².